The summed E-state index contributed by atoms with van der Waals surface area (Å²) >= 11 is 0. The van der Waals surface area contributed by atoms with Crippen molar-refractivity contribution in [2.45, 2.75) is 45.8 Å². The standard InChI is InChI=1S/C17H23BO4/c1-12(11-18-21-16(2,3)17(4,5)22-18)13-6-7-14-15(10-13)20-9-8-19-14/h6-7,10-11H,8-9H2,1-5H3/b12-11-. The summed E-state index contributed by atoms with van der Waals surface area (Å²) in [7, 11) is -0.335. The first-order chi connectivity index (χ1) is 10.3. The maximum absolute atomic E-state index is 6.01. The lowest BCUT2D eigenvalue weighted by Crippen LogP contribution is -2.41. The van der Waals surface area contributed by atoms with Gasteiger partial charge in [-0.2, -0.15) is 0 Å². The number of hydrogen-bond acceptors (Lipinski definition) is 4. The average Bonchev–Trinajstić information content (AvgIpc) is 2.65. The Morgan fingerprint density at radius 1 is 1.00 bits per heavy atom. The topological polar surface area (TPSA) is 36.9 Å². The Balaban J connectivity index is 1.81. The minimum atomic E-state index is -0.335. The van der Waals surface area contributed by atoms with Crippen LogP contribution in [0.25, 0.3) is 5.57 Å². The molecule has 0 unspecified atom stereocenters. The molecule has 1 aromatic rings. The minimum absolute atomic E-state index is 0.318. The quantitative estimate of drug-likeness (QED) is 0.784. The number of benzene rings is 1. The molecule has 0 spiro atoms. The summed E-state index contributed by atoms with van der Waals surface area (Å²) in [4.78, 5) is 0. The highest BCUT2D eigenvalue weighted by molar-refractivity contribution is 6.53. The van der Waals surface area contributed by atoms with Gasteiger partial charge in [-0.05, 0) is 52.3 Å². The van der Waals surface area contributed by atoms with E-state index in [-0.39, 0.29) is 18.3 Å². The second-order valence-corrected chi connectivity index (χ2v) is 6.83. The van der Waals surface area contributed by atoms with Crippen LogP contribution in [0.4, 0.5) is 0 Å². The molecule has 0 N–H and O–H groups in total. The van der Waals surface area contributed by atoms with Gasteiger partial charge in [-0.3, -0.25) is 0 Å². The van der Waals surface area contributed by atoms with Gasteiger partial charge in [0.2, 0.25) is 0 Å². The molecule has 2 heterocycles. The van der Waals surface area contributed by atoms with Crippen LogP contribution < -0.4 is 9.47 Å². The first-order valence-electron chi connectivity index (χ1n) is 7.73. The molecule has 0 atom stereocenters. The maximum atomic E-state index is 6.01. The van der Waals surface area contributed by atoms with Crippen molar-refractivity contribution in [1.29, 1.82) is 0 Å². The summed E-state index contributed by atoms with van der Waals surface area (Å²) < 4.78 is 23.2. The van der Waals surface area contributed by atoms with Crippen LogP contribution in [0.1, 0.15) is 40.2 Å². The molecule has 0 aromatic heterocycles. The summed E-state index contributed by atoms with van der Waals surface area (Å²) in [6.07, 6.45) is 0. The fourth-order valence-corrected chi connectivity index (χ4v) is 2.55. The molecule has 0 amide bonds. The van der Waals surface area contributed by atoms with E-state index >= 15 is 0 Å². The van der Waals surface area contributed by atoms with Gasteiger partial charge in [0.1, 0.15) is 13.2 Å². The van der Waals surface area contributed by atoms with Crippen LogP contribution >= 0.6 is 0 Å². The Kier molecular flexibility index (Phi) is 3.73. The average molecular weight is 302 g/mol. The Bertz CT molecular complexity index is 591. The lowest BCUT2D eigenvalue weighted by molar-refractivity contribution is 0.00578. The van der Waals surface area contributed by atoms with Crippen molar-refractivity contribution in [3.8, 4) is 11.5 Å². The zero-order valence-corrected chi connectivity index (χ0v) is 13.9. The van der Waals surface area contributed by atoms with E-state index in [1.165, 1.54) is 0 Å². The van der Waals surface area contributed by atoms with Gasteiger partial charge in [-0.1, -0.05) is 17.6 Å². The van der Waals surface area contributed by atoms with E-state index in [4.69, 9.17) is 18.8 Å². The normalized spacial score (nSPS) is 22.8. The van der Waals surface area contributed by atoms with E-state index < -0.39 is 0 Å². The third-order valence-corrected chi connectivity index (χ3v) is 4.66. The summed E-state index contributed by atoms with van der Waals surface area (Å²) in [6, 6.07) is 5.99. The van der Waals surface area contributed by atoms with Gasteiger partial charge >= 0.3 is 7.12 Å². The Labute approximate surface area is 132 Å². The molecule has 1 saturated heterocycles. The lowest BCUT2D eigenvalue weighted by atomic mass is 9.85. The number of allylic oxidation sites excluding steroid dienone is 1. The van der Waals surface area contributed by atoms with Crippen molar-refractivity contribution < 1.29 is 18.8 Å². The van der Waals surface area contributed by atoms with E-state index in [0.717, 1.165) is 22.6 Å². The van der Waals surface area contributed by atoms with E-state index in [9.17, 15) is 0 Å². The summed E-state index contributed by atoms with van der Waals surface area (Å²) in [5.41, 5.74) is 1.54. The number of ether oxygens (including phenoxy) is 2. The van der Waals surface area contributed by atoms with Crippen molar-refractivity contribution in [3.05, 3.63) is 29.7 Å². The fraction of sp³-hybridized carbons (Fsp3) is 0.529. The molecule has 1 aromatic carbocycles. The predicted molar refractivity (Wildman–Crippen MR) is 87.2 cm³/mol. The van der Waals surface area contributed by atoms with Crippen molar-refractivity contribution in [1.82, 2.24) is 0 Å². The highest BCUT2D eigenvalue weighted by Crippen LogP contribution is 2.38. The van der Waals surface area contributed by atoms with Crippen LogP contribution in [-0.4, -0.2) is 31.5 Å². The first-order valence-corrected chi connectivity index (χ1v) is 7.73. The summed E-state index contributed by atoms with van der Waals surface area (Å²) in [6.45, 7) is 11.5. The molecule has 4 nitrogen and oxygen atoms in total. The third-order valence-electron chi connectivity index (χ3n) is 4.66. The Hall–Kier alpha value is -1.46. The highest BCUT2D eigenvalue weighted by Gasteiger charge is 2.50. The third kappa shape index (κ3) is 2.75. The van der Waals surface area contributed by atoms with E-state index in [2.05, 4.69) is 34.6 Å². The predicted octanol–water partition coefficient (Wildman–Crippen LogP) is 3.49. The molecule has 118 valence electrons. The summed E-state index contributed by atoms with van der Waals surface area (Å²) in [5, 5.41) is 0. The first kappa shape index (κ1) is 15.4. The molecular weight excluding hydrogens is 279 g/mol. The van der Waals surface area contributed by atoms with Crippen LogP contribution in [0, 0.1) is 0 Å². The van der Waals surface area contributed by atoms with Crippen LogP contribution in [0.15, 0.2) is 24.2 Å². The zero-order valence-electron chi connectivity index (χ0n) is 13.9. The Morgan fingerprint density at radius 2 is 1.59 bits per heavy atom. The van der Waals surface area contributed by atoms with Crippen LogP contribution in [0.3, 0.4) is 0 Å². The molecule has 22 heavy (non-hydrogen) atoms. The molecule has 0 saturated carbocycles. The van der Waals surface area contributed by atoms with Crippen molar-refractivity contribution >= 4 is 12.7 Å². The SMILES string of the molecule is C/C(=C/B1OC(C)(C)C(C)(C)O1)c1ccc2c(c1)OCCO2. The molecule has 0 radical (unpaired) electrons. The van der Waals surface area contributed by atoms with Gasteiger partial charge in [0.05, 0.1) is 11.2 Å². The van der Waals surface area contributed by atoms with Crippen molar-refractivity contribution in [2.24, 2.45) is 0 Å². The van der Waals surface area contributed by atoms with Gasteiger partial charge < -0.3 is 18.8 Å². The molecular formula is C17H23BO4. The van der Waals surface area contributed by atoms with Crippen molar-refractivity contribution in [3.63, 3.8) is 0 Å². The lowest BCUT2D eigenvalue weighted by Gasteiger charge is -2.32. The smallest absolute Gasteiger partial charge is 0.486 e. The van der Waals surface area contributed by atoms with Crippen molar-refractivity contribution in [2.75, 3.05) is 13.2 Å². The van der Waals surface area contributed by atoms with Gasteiger partial charge in [0, 0.05) is 0 Å². The Morgan fingerprint density at radius 3 is 2.23 bits per heavy atom. The summed E-state index contributed by atoms with van der Waals surface area (Å²) in [5.74, 6) is 3.62. The van der Waals surface area contributed by atoms with Gasteiger partial charge in [-0.15, -0.1) is 0 Å². The molecule has 3 rings (SSSR count). The fourth-order valence-electron chi connectivity index (χ4n) is 2.55. The van der Waals surface area contributed by atoms with E-state index in [1.807, 2.05) is 24.2 Å². The van der Waals surface area contributed by atoms with Crippen LogP contribution in [0.5, 0.6) is 11.5 Å². The molecule has 2 aliphatic heterocycles. The van der Waals surface area contributed by atoms with E-state index in [0.29, 0.717) is 13.2 Å². The molecule has 0 bridgehead atoms. The number of hydrogen-bond donors (Lipinski definition) is 0. The van der Waals surface area contributed by atoms with Gasteiger partial charge in [-0.25, -0.2) is 0 Å². The van der Waals surface area contributed by atoms with Gasteiger partial charge in [0.15, 0.2) is 11.5 Å². The zero-order chi connectivity index (χ0) is 16.0. The largest absolute Gasteiger partial charge is 0.487 e. The minimum Gasteiger partial charge on any atom is -0.486 e. The molecule has 2 aliphatic rings. The maximum Gasteiger partial charge on any atom is 0.487 e. The molecule has 0 aliphatic carbocycles. The monoisotopic (exact) mass is 302 g/mol. The molecule has 5 heteroatoms. The van der Waals surface area contributed by atoms with E-state index in [1.54, 1.807) is 0 Å². The van der Waals surface area contributed by atoms with Gasteiger partial charge in [0.25, 0.3) is 0 Å². The number of rotatable bonds is 2. The highest BCUT2D eigenvalue weighted by atomic mass is 16.7. The molecule has 1 fully saturated rings. The van der Waals surface area contributed by atoms with Crippen LogP contribution in [-0.2, 0) is 9.31 Å². The second-order valence-electron chi connectivity index (χ2n) is 6.83. The second kappa shape index (κ2) is 5.32. The number of fused-ring (bicyclic) bond motifs is 1. The van der Waals surface area contributed by atoms with Crippen LogP contribution in [0.2, 0.25) is 0 Å².